The van der Waals surface area contributed by atoms with Crippen LogP contribution in [0.1, 0.15) is 6.42 Å². The Morgan fingerprint density at radius 1 is 1.64 bits per heavy atom. The van der Waals surface area contributed by atoms with Crippen molar-refractivity contribution in [2.45, 2.75) is 6.42 Å². The maximum atomic E-state index is 11.7. The van der Waals surface area contributed by atoms with Crippen molar-refractivity contribution in [2.75, 3.05) is 39.9 Å². The molecule has 1 unspecified atom stereocenters. The van der Waals surface area contributed by atoms with E-state index in [2.05, 4.69) is 17.3 Å². The lowest BCUT2D eigenvalue weighted by atomic mass is 10.1. The summed E-state index contributed by atoms with van der Waals surface area (Å²) in [6.07, 6.45) is 1.26. The zero-order valence-electron chi connectivity index (χ0n) is 7.15. The summed E-state index contributed by atoms with van der Waals surface area (Å²) in [7, 11) is 2.13. The fraction of sp³-hybridized carbons (Fsp3) is 1.00. The summed E-state index contributed by atoms with van der Waals surface area (Å²) in [5, 5.41) is 3.10. The number of nitrogens with one attached hydrogen (secondary N) is 1. The fourth-order valence-corrected chi connectivity index (χ4v) is 1.57. The van der Waals surface area contributed by atoms with Gasteiger partial charge in [-0.15, -0.1) is 0 Å². The minimum Gasteiger partial charge on any atom is -0.314 e. The summed E-state index contributed by atoms with van der Waals surface area (Å²) in [6, 6.07) is 0. The average molecular weight is 160 g/mol. The van der Waals surface area contributed by atoms with Gasteiger partial charge < -0.3 is 10.2 Å². The van der Waals surface area contributed by atoms with Crippen LogP contribution in [0.3, 0.4) is 0 Å². The molecule has 3 heteroatoms. The zero-order valence-corrected chi connectivity index (χ0v) is 7.15. The average Bonchev–Trinajstić information content (AvgIpc) is 2.37. The third-order valence-corrected chi connectivity index (χ3v) is 2.19. The highest BCUT2D eigenvalue weighted by atomic mass is 19.1. The normalized spacial score (nSPS) is 26.2. The van der Waals surface area contributed by atoms with Crippen LogP contribution in [0, 0.1) is 5.92 Å². The Hall–Kier alpha value is -0.150. The van der Waals surface area contributed by atoms with Gasteiger partial charge in [-0.05, 0) is 32.5 Å². The van der Waals surface area contributed by atoms with E-state index >= 15 is 0 Å². The highest BCUT2D eigenvalue weighted by Gasteiger charge is 2.18. The van der Waals surface area contributed by atoms with Gasteiger partial charge in [-0.2, -0.15) is 0 Å². The molecule has 0 amide bonds. The second kappa shape index (κ2) is 4.67. The number of hydrogen-bond donors (Lipinski definition) is 1. The minimum absolute atomic E-state index is 0.247. The standard InChI is InChI=1S/C8H17FN2/c1-11-5-2-8(7-11)6-10-4-3-9/h8,10H,2-7H2,1H3. The van der Waals surface area contributed by atoms with E-state index in [1.165, 1.54) is 19.5 Å². The molecule has 1 rings (SSSR count). The van der Waals surface area contributed by atoms with Crippen LogP contribution in [-0.4, -0.2) is 44.8 Å². The molecule has 0 aromatic rings. The summed E-state index contributed by atoms with van der Waals surface area (Å²) in [5.41, 5.74) is 0. The first-order chi connectivity index (χ1) is 5.33. The van der Waals surface area contributed by atoms with Crippen LogP contribution in [0.4, 0.5) is 4.39 Å². The summed E-state index contributed by atoms with van der Waals surface area (Å²) >= 11 is 0. The van der Waals surface area contributed by atoms with E-state index in [9.17, 15) is 4.39 Å². The van der Waals surface area contributed by atoms with Crippen LogP contribution >= 0.6 is 0 Å². The highest BCUT2D eigenvalue weighted by molar-refractivity contribution is 4.74. The Morgan fingerprint density at radius 3 is 3.00 bits per heavy atom. The van der Waals surface area contributed by atoms with Crippen molar-refractivity contribution in [3.05, 3.63) is 0 Å². The van der Waals surface area contributed by atoms with Gasteiger partial charge in [0.05, 0.1) is 0 Å². The molecule has 0 spiro atoms. The summed E-state index contributed by atoms with van der Waals surface area (Å²) in [4.78, 5) is 2.32. The van der Waals surface area contributed by atoms with Crippen molar-refractivity contribution in [3.8, 4) is 0 Å². The van der Waals surface area contributed by atoms with Crippen LogP contribution in [0.2, 0.25) is 0 Å². The van der Waals surface area contributed by atoms with Crippen molar-refractivity contribution in [2.24, 2.45) is 5.92 Å². The molecule has 11 heavy (non-hydrogen) atoms. The molecule has 1 aliphatic rings. The highest BCUT2D eigenvalue weighted by Crippen LogP contribution is 2.12. The predicted molar refractivity (Wildman–Crippen MR) is 44.4 cm³/mol. The van der Waals surface area contributed by atoms with E-state index in [0.717, 1.165) is 12.5 Å². The zero-order chi connectivity index (χ0) is 8.10. The molecule has 1 fully saturated rings. The maximum absolute atomic E-state index is 11.7. The van der Waals surface area contributed by atoms with E-state index < -0.39 is 0 Å². The molecule has 0 bridgehead atoms. The lowest BCUT2D eigenvalue weighted by Crippen LogP contribution is -2.26. The van der Waals surface area contributed by atoms with E-state index in [1.807, 2.05) is 0 Å². The molecule has 0 aromatic heterocycles. The van der Waals surface area contributed by atoms with Gasteiger partial charge in [-0.3, -0.25) is 0 Å². The van der Waals surface area contributed by atoms with Gasteiger partial charge in [0.1, 0.15) is 6.67 Å². The molecule has 2 nitrogen and oxygen atoms in total. The molecule has 1 N–H and O–H groups in total. The summed E-state index contributed by atoms with van der Waals surface area (Å²) < 4.78 is 11.7. The largest absolute Gasteiger partial charge is 0.314 e. The molecule has 0 aromatic carbocycles. The van der Waals surface area contributed by atoms with Crippen molar-refractivity contribution in [1.29, 1.82) is 0 Å². The second-order valence-corrected chi connectivity index (χ2v) is 3.31. The second-order valence-electron chi connectivity index (χ2n) is 3.31. The molecule has 0 aliphatic carbocycles. The number of alkyl halides is 1. The predicted octanol–water partition coefficient (Wildman–Crippen LogP) is 0.497. The number of halogens is 1. The molecular formula is C8H17FN2. The molecule has 1 heterocycles. The van der Waals surface area contributed by atoms with Crippen LogP contribution in [0.5, 0.6) is 0 Å². The Balaban J connectivity index is 1.99. The molecule has 1 saturated heterocycles. The van der Waals surface area contributed by atoms with Gasteiger partial charge in [-0.1, -0.05) is 0 Å². The third kappa shape index (κ3) is 3.16. The van der Waals surface area contributed by atoms with Crippen LogP contribution in [0.25, 0.3) is 0 Å². The fourth-order valence-electron chi connectivity index (χ4n) is 1.57. The van der Waals surface area contributed by atoms with Crippen LogP contribution < -0.4 is 5.32 Å². The molecule has 0 saturated carbocycles. The lowest BCUT2D eigenvalue weighted by Gasteiger charge is -2.10. The van der Waals surface area contributed by atoms with E-state index in [0.29, 0.717) is 6.54 Å². The van der Waals surface area contributed by atoms with Gasteiger partial charge in [0, 0.05) is 13.1 Å². The van der Waals surface area contributed by atoms with Crippen molar-refractivity contribution in [3.63, 3.8) is 0 Å². The first-order valence-electron chi connectivity index (χ1n) is 4.28. The van der Waals surface area contributed by atoms with Gasteiger partial charge in [-0.25, -0.2) is 4.39 Å². The quantitative estimate of drug-likeness (QED) is 0.602. The van der Waals surface area contributed by atoms with E-state index in [-0.39, 0.29) is 6.67 Å². The van der Waals surface area contributed by atoms with Gasteiger partial charge in [0.15, 0.2) is 0 Å². The number of nitrogens with zero attached hydrogens (tertiary/aromatic N) is 1. The smallest absolute Gasteiger partial charge is 0.102 e. The van der Waals surface area contributed by atoms with Crippen molar-refractivity contribution in [1.82, 2.24) is 10.2 Å². The van der Waals surface area contributed by atoms with Gasteiger partial charge >= 0.3 is 0 Å². The first-order valence-corrected chi connectivity index (χ1v) is 4.28. The Bertz CT molecular complexity index is 108. The van der Waals surface area contributed by atoms with E-state index in [1.54, 1.807) is 0 Å². The Kier molecular flexibility index (Phi) is 3.80. The number of rotatable bonds is 4. The number of hydrogen-bond acceptors (Lipinski definition) is 2. The third-order valence-electron chi connectivity index (χ3n) is 2.19. The molecule has 0 radical (unpaired) electrons. The first kappa shape index (κ1) is 8.94. The van der Waals surface area contributed by atoms with Gasteiger partial charge in [0.25, 0.3) is 0 Å². The summed E-state index contributed by atoms with van der Waals surface area (Å²) in [6.45, 7) is 3.61. The van der Waals surface area contributed by atoms with Crippen molar-refractivity contribution >= 4 is 0 Å². The molecule has 1 aliphatic heterocycles. The Labute approximate surface area is 67.8 Å². The summed E-state index contributed by atoms with van der Waals surface area (Å²) in [5.74, 6) is 0.742. The topological polar surface area (TPSA) is 15.3 Å². The van der Waals surface area contributed by atoms with Crippen molar-refractivity contribution < 1.29 is 4.39 Å². The molecule has 66 valence electrons. The maximum Gasteiger partial charge on any atom is 0.102 e. The van der Waals surface area contributed by atoms with Crippen LogP contribution in [-0.2, 0) is 0 Å². The van der Waals surface area contributed by atoms with Crippen LogP contribution in [0.15, 0.2) is 0 Å². The lowest BCUT2D eigenvalue weighted by molar-refractivity contribution is 0.382. The molecule has 1 atom stereocenters. The number of likely N-dealkylation sites (tertiary alicyclic amines) is 1. The van der Waals surface area contributed by atoms with Gasteiger partial charge in [0.2, 0.25) is 0 Å². The SMILES string of the molecule is CN1CCC(CNCCF)C1. The van der Waals surface area contributed by atoms with E-state index in [4.69, 9.17) is 0 Å². The molecular weight excluding hydrogens is 143 g/mol. The monoisotopic (exact) mass is 160 g/mol. The Morgan fingerprint density at radius 2 is 2.45 bits per heavy atom. The minimum atomic E-state index is -0.247.